The molecule has 0 amide bonds. The van der Waals surface area contributed by atoms with Crippen molar-refractivity contribution in [1.29, 1.82) is 0 Å². The average molecular weight is 265 g/mol. The Bertz CT molecular complexity index is 847. The van der Waals surface area contributed by atoms with Crippen LogP contribution in [0, 0.1) is 6.92 Å². The molecule has 0 radical (unpaired) electrons. The van der Waals surface area contributed by atoms with E-state index in [1.54, 1.807) is 36.4 Å². The Morgan fingerprint density at radius 2 is 1.95 bits per heavy atom. The van der Waals surface area contributed by atoms with Gasteiger partial charge in [0.05, 0.1) is 0 Å². The van der Waals surface area contributed by atoms with Crippen LogP contribution in [0.2, 0.25) is 0 Å². The highest BCUT2D eigenvalue weighted by molar-refractivity contribution is 6.09. The van der Waals surface area contributed by atoms with Gasteiger partial charge in [0.25, 0.3) is 0 Å². The van der Waals surface area contributed by atoms with E-state index in [9.17, 15) is 9.59 Å². The summed E-state index contributed by atoms with van der Waals surface area (Å²) in [6.07, 6.45) is 1.46. The number of ketones is 1. The van der Waals surface area contributed by atoms with E-state index in [1.165, 1.54) is 6.20 Å². The van der Waals surface area contributed by atoms with Gasteiger partial charge in [0.1, 0.15) is 11.1 Å². The van der Waals surface area contributed by atoms with Gasteiger partial charge in [-0.05, 0) is 31.2 Å². The smallest absolute Gasteiger partial charge is 0.347 e. The molecule has 0 aliphatic heterocycles. The summed E-state index contributed by atoms with van der Waals surface area (Å²) in [5.74, 6) is -0.378. The van der Waals surface area contributed by atoms with Gasteiger partial charge in [-0.25, -0.2) is 4.79 Å². The Balaban J connectivity index is 2.14. The van der Waals surface area contributed by atoms with Crippen LogP contribution < -0.4 is 5.63 Å². The maximum atomic E-state index is 12.3. The Labute approximate surface area is 114 Å². The first-order valence-electron chi connectivity index (χ1n) is 6.15. The van der Waals surface area contributed by atoms with E-state index in [4.69, 9.17) is 4.42 Å². The van der Waals surface area contributed by atoms with Crippen molar-refractivity contribution in [2.75, 3.05) is 0 Å². The van der Waals surface area contributed by atoms with Gasteiger partial charge >= 0.3 is 5.63 Å². The third kappa shape index (κ3) is 2.12. The monoisotopic (exact) mass is 265 g/mol. The van der Waals surface area contributed by atoms with Crippen LogP contribution in [0.5, 0.6) is 0 Å². The van der Waals surface area contributed by atoms with Crippen molar-refractivity contribution in [3.05, 3.63) is 75.9 Å². The molecule has 0 bridgehead atoms. The molecule has 0 saturated heterocycles. The van der Waals surface area contributed by atoms with Crippen LogP contribution in [-0.4, -0.2) is 10.8 Å². The van der Waals surface area contributed by atoms with Crippen molar-refractivity contribution >= 4 is 16.8 Å². The lowest BCUT2D eigenvalue weighted by atomic mass is 10.1. The number of carbonyl (C=O) groups excluding carboxylic acids is 1. The average Bonchev–Trinajstić information content (AvgIpc) is 2.46. The van der Waals surface area contributed by atoms with Crippen molar-refractivity contribution in [3.63, 3.8) is 0 Å². The van der Waals surface area contributed by atoms with Crippen molar-refractivity contribution in [1.82, 2.24) is 4.98 Å². The number of hydrogen-bond donors (Lipinski definition) is 0. The second-order valence-corrected chi connectivity index (χ2v) is 4.50. The maximum absolute atomic E-state index is 12.3. The zero-order valence-corrected chi connectivity index (χ0v) is 10.8. The number of aromatic nitrogens is 1. The summed E-state index contributed by atoms with van der Waals surface area (Å²) in [5.41, 5.74) is 1.05. The Kier molecular flexibility index (Phi) is 2.91. The standard InChI is InChI=1S/C16H11NO3/c1-10-6-7-12(9-17-10)15(18)13-8-11-4-2-3-5-14(11)20-16(13)19/h2-9H,1H3. The molecule has 3 rings (SSSR count). The molecular weight excluding hydrogens is 254 g/mol. The first kappa shape index (κ1) is 12.3. The zero-order chi connectivity index (χ0) is 14.1. The maximum Gasteiger partial charge on any atom is 0.347 e. The second-order valence-electron chi connectivity index (χ2n) is 4.50. The quantitative estimate of drug-likeness (QED) is 0.528. The summed E-state index contributed by atoms with van der Waals surface area (Å²) in [7, 11) is 0. The summed E-state index contributed by atoms with van der Waals surface area (Å²) in [6, 6.07) is 12.0. The van der Waals surface area contributed by atoms with E-state index in [2.05, 4.69) is 4.98 Å². The Morgan fingerprint density at radius 3 is 2.70 bits per heavy atom. The van der Waals surface area contributed by atoms with Crippen LogP contribution in [-0.2, 0) is 0 Å². The van der Waals surface area contributed by atoms with Crippen molar-refractivity contribution in [3.8, 4) is 0 Å². The molecule has 98 valence electrons. The molecule has 0 N–H and O–H groups in total. The fourth-order valence-electron chi connectivity index (χ4n) is 1.98. The third-order valence-corrected chi connectivity index (χ3v) is 3.06. The molecule has 0 atom stereocenters. The van der Waals surface area contributed by atoms with Crippen molar-refractivity contribution in [2.24, 2.45) is 0 Å². The van der Waals surface area contributed by atoms with Crippen LogP contribution in [0.4, 0.5) is 0 Å². The molecule has 0 spiro atoms. The molecule has 0 aliphatic carbocycles. The largest absolute Gasteiger partial charge is 0.422 e. The van der Waals surface area contributed by atoms with Crippen LogP contribution >= 0.6 is 0 Å². The van der Waals surface area contributed by atoms with Crippen LogP contribution in [0.3, 0.4) is 0 Å². The molecule has 2 heterocycles. The number of fused-ring (bicyclic) bond motifs is 1. The molecule has 4 heteroatoms. The summed E-state index contributed by atoms with van der Waals surface area (Å²) < 4.78 is 5.16. The van der Waals surface area contributed by atoms with E-state index in [0.29, 0.717) is 11.1 Å². The molecular formula is C16H11NO3. The predicted octanol–water partition coefficient (Wildman–Crippen LogP) is 2.73. The highest BCUT2D eigenvalue weighted by Crippen LogP contribution is 2.14. The number of carbonyl (C=O) groups is 1. The summed E-state index contributed by atoms with van der Waals surface area (Å²) in [6.45, 7) is 1.83. The molecule has 0 unspecified atom stereocenters. The number of rotatable bonds is 2. The normalized spacial score (nSPS) is 10.7. The molecule has 20 heavy (non-hydrogen) atoms. The minimum atomic E-state index is -0.630. The summed E-state index contributed by atoms with van der Waals surface area (Å²) >= 11 is 0. The van der Waals surface area contributed by atoms with Crippen LogP contribution in [0.25, 0.3) is 11.0 Å². The van der Waals surface area contributed by atoms with Gasteiger partial charge in [-0.2, -0.15) is 0 Å². The second kappa shape index (κ2) is 4.74. The van der Waals surface area contributed by atoms with Crippen LogP contribution in [0.1, 0.15) is 21.6 Å². The number of para-hydroxylation sites is 1. The van der Waals surface area contributed by atoms with Gasteiger partial charge in [0.15, 0.2) is 0 Å². The first-order valence-corrected chi connectivity index (χ1v) is 6.15. The molecule has 4 nitrogen and oxygen atoms in total. The van der Waals surface area contributed by atoms with Gasteiger partial charge < -0.3 is 4.42 Å². The minimum absolute atomic E-state index is 0.0225. The number of pyridine rings is 1. The Morgan fingerprint density at radius 1 is 1.15 bits per heavy atom. The zero-order valence-electron chi connectivity index (χ0n) is 10.8. The lowest BCUT2D eigenvalue weighted by Crippen LogP contribution is -2.15. The van der Waals surface area contributed by atoms with Gasteiger partial charge in [-0.15, -0.1) is 0 Å². The lowest BCUT2D eigenvalue weighted by molar-refractivity contribution is 0.103. The fourth-order valence-corrected chi connectivity index (χ4v) is 1.98. The van der Waals surface area contributed by atoms with E-state index in [0.717, 1.165) is 11.1 Å². The predicted molar refractivity (Wildman–Crippen MR) is 74.9 cm³/mol. The van der Waals surface area contributed by atoms with Gasteiger partial charge in [-0.3, -0.25) is 9.78 Å². The summed E-state index contributed by atoms with van der Waals surface area (Å²) in [4.78, 5) is 28.3. The first-order chi connectivity index (χ1) is 9.65. The van der Waals surface area contributed by atoms with E-state index >= 15 is 0 Å². The highest BCUT2D eigenvalue weighted by atomic mass is 16.4. The van der Waals surface area contributed by atoms with Gasteiger partial charge in [-0.1, -0.05) is 18.2 Å². The number of benzene rings is 1. The van der Waals surface area contributed by atoms with Crippen molar-refractivity contribution in [2.45, 2.75) is 6.92 Å². The Hall–Kier alpha value is -2.75. The topological polar surface area (TPSA) is 60.2 Å². The summed E-state index contributed by atoms with van der Waals surface area (Å²) in [5, 5.41) is 0.718. The van der Waals surface area contributed by atoms with E-state index in [-0.39, 0.29) is 11.3 Å². The SMILES string of the molecule is Cc1ccc(C(=O)c2cc3ccccc3oc2=O)cn1. The number of hydrogen-bond acceptors (Lipinski definition) is 4. The molecule has 0 saturated carbocycles. The third-order valence-electron chi connectivity index (χ3n) is 3.06. The van der Waals surface area contributed by atoms with E-state index in [1.807, 2.05) is 13.0 Å². The molecule has 1 aromatic carbocycles. The molecule has 0 fully saturated rings. The fraction of sp³-hybridized carbons (Fsp3) is 0.0625. The molecule has 0 aliphatic rings. The molecule has 2 aromatic heterocycles. The number of aryl methyl sites for hydroxylation is 1. The molecule has 3 aromatic rings. The van der Waals surface area contributed by atoms with E-state index < -0.39 is 5.63 Å². The lowest BCUT2D eigenvalue weighted by Gasteiger charge is -2.02. The number of nitrogens with zero attached hydrogens (tertiary/aromatic N) is 1. The highest BCUT2D eigenvalue weighted by Gasteiger charge is 2.15. The van der Waals surface area contributed by atoms with Gasteiger partial charge in [0.2, 0.25) is 5.78 Å². The van der Waals surface area contributed by atoms with Gasteiger partial charge in [0, 0.05) is 22.8 Å². The van der Waals surface area contributed by atoms with Crippen molar-refractivity contribution < 1.29 is 9.21 Å². The van der Waals surface area contributed by atoms with Crippen LogP contribution in [0.15, 0.2) is 57.9 Å². The minimum Gasteiger partial charge on any atom is -0.422 e.